The Labute approximate surface area is 119 Å². The van der Waals surface area contributed by atoms with Gasteiger partial charge in [0.05, 0.1) is 11.2 Å². The van der Waals surface area contributed by atoms with E-state index in [4.69, 9.17) is 0 Å². The summed E-state index contributed by atoms with van der Waals surface area (Å²) in [6, 6.07) is 4.69. The highest BCUT2D eigenvalue weighted by molar-refractivity contribution is 9.10. The van der Waals surface area contributed by atoms with Gasteiger partial charge < -0.3 is 5.32 Å². The van der Waals surface area contributed by atoms with E-state index in [0.29, 0.717) is 18.7 Å². The molecule has 0 fully saturated rings. The number of nitrogens with zero attached hydrogens (tertiary/aromatic N) is 1. The van der Waals surface area contributed by atoms with Crippen LogP contribution in [0.25, 0.3) is 0 Å². The van der Waals surface area contributed by atoms with E-state index in [1.807, 2.05) is 0 Å². The Balaban J connectivity index is 2.53. The van der Waals surface area contributed by atoms with Gasteiger partial charge in [0.15, 0.2) is 0 Å². The number of halogens is 1. The van der Waals surface area contributed by atoms with E-state index in [1.54, 1.807) is 12.1 Å². The molecule has 0 aromatic heterocycles. The van der Waals surface area contributed by atoms with Gasteiger partial charge in [-0.25, -0.2) is 13.1 Å². The van der Waals surface area contributed by atoms with Crippen LogP contribution in [-0.4, -0.2) is 32.7 Å². The zero-order valence-electron chi connectivity index (χ0n) is 10.2. The van der Waals surface area contributed by atoms with Gasteiger partial charge in [-0.15, -0.1) is 0 Å². The number of nitrogens with one attached hydrogen (secondary N) is 2. The second-order valence-corrected chi connectivity index (χ2v) is 6.62. The largest absolute Gasteiger partial charge is 0.311 e. The number of hydrogen-bond acceptors (Lipinski definition) is 5. The molecule has 0 radical (unpaired) electrons. The second-order valence-electron chi connectivity index (χ2n) is 3.87. The van der Waals surface area contributed by atoms with Gasteiger partial charge in [-0.05, 0) is 12.1 Å². The average molecular weight is 352 g/mol. The molecule has 0 aliphatic rings. The first-order valence-corrected chi connectivity index (χ1v) is 8.06. The quantitative estimate of drug-likeness (QED) is 0.433. The van der Waals surface area contributed by atoms with E-state index >= 15 is 0 Å². The van der Waals surface area contributed by atoms with Crippen molar-refractivity contribution in [3.63, 3.8) is 0 Å². The minimum absolute atomic E-state index is 0.0340. The molecule has 19 heavy (non-hydrogen) atoms. The van der Waals surface area contributed by atoms with Crippen LogP contribution in [-0.2, 0) is 16.6 Å². The van der Waals surface area contributed by atoms with Crippen LogP contribution in [0.2, 0.25) is 0 Å². The maximum Gasteiger partial charge on any atom is 0.273 e. The number of benzene rings is 1. The molecule has 0 saturated heterocycles. The molecule has 0 atom stereocenters. The Morgan fingerprint density at radius 1 is 1.37 bits per heavy atom. The third-order valence-corrected chi connectivity index (χ3v) is 3.44. The third-order valence-electron chi connectivity index (χ3n) is 2.22. The van der Waals surface area contributed by atoms with E-state index in [-0.39, 0.29) is 12.2 Å². The van der Waals surface area contributed by atoms with Crippen LogP contribution in [0.4, 0.5) is 5.69 Å². The van der Waals surface area contributed by atoms with Gasteiger partial charge in [0, 0.05) is 35.7 Å². The van der Waals surface area contributed by atoms with Crippen LogP contribution in [0.1, 0.15) is 5.56 Å². The van der Waals surface area contributed by atoms with Crippen LogP contribution in [0.5, 0.6) is 0 Å². The first-order valence-electron chi connectivity index (χ1n) is 5.38. The number of rotatable bonds is 7. The van der Waals surface area contributed by atoms with Crippen LogP contribution in [0, 0.1) is 10.1 Å². The normalized spacial score (nSPS) is 11.5. The minimum Gasteiger partial charge on any atom is -0.311 e. The van der Waals surface area contributed by atoms with E-state index in [0.717, 1.165) is 10.7 Å². The van der Waals surface area contributed by atoms with Gasteiger partial charge in [0.25, 0.3) is 5.69 Å². The maximum atomic E-state index is 10.8. The molecule has 9 heteroatoms. The second kappa shape index (κ2) is 6.94. The molecule has 0 aliphatic heterocycles. The molecule has 106 valence electrons. The Morgan fingerprint density at radius 2 is 2.05 bits per heavy atom. The standard InChI is InChI=1S/C10H14BrN3O4S/c1-19(17,18)13-5-4-12-7-8-6-9(11)2-3-10(8)14(15)16/h2-3,6,12-13H,4-5,7H2,1H3. The van der Waals surface area contributed by atoms with Crippen molar-refractivity contribution in [2.24, 2.45) is 0 Å². The van der Waals surface area contributed by atoms with Crippen molar-refractivity contribution in [2.75, 3.05) is 19.3 Å². The summed E-state index contributed by atoms with van der Waals surface area (Å²) in [4.78, 5) is 10.4. The van der Waals surface area contributed by atoms with Crippen molar-refractivity contribution in [3.05, 3.63) is 38.3 Å². The predicted molar refractivity (Wildman–Crippen MR) is 75.3 cm³/mol. The van der Waals surface area contributed by atoms with E-state index < -0.39 is 14.9 Å². The van der Waals surface area contributed by atoms with Crippen molar-refractivity contribution in [1.82, 2.24) is 10.0 Å². The summed E-state index contributed by atoms with van der Waals surface area (Å²) >= 11 is 3.25. The number of nitro groups is 1. The Bertz CT molecular complexity index is 562. The molecule has 0 aliphatic carbocycles. The maximum absolute atomic E-state index is 10.8. The first kappa shape index (κ1) is 16.0. The molecular weight excluding hydrogens is 338 g/mol. The number of hydrogen-bond donors (Lipinski definition) is 2. The monoisotopic (exact) mass is 351 g/mol. The fraction of sp³-hybridized carbons (Fsp3) is 0.400. The van der Waals surface area contributed by atoms with E-state index in [1.165, 1.54) is 6.07 Å². The lowest BCUT2D eigenvalue weighted by Gasteiger charge is -2.06. The molecule has 0 saturated carbocycles. The first-order chi connectivity index (χ1) is 8.79. The van der Waals surface area contributed by atoms with Gasteiger partial charge in [-0.2, -0.15) is 0 Å². The average Bonchev–Trinajstić information content (AvgIpc) is 2.26. The highest BCUT2D eigenvalue weighted by Crippen LogP contribution is 2.22. The lowest BCUT2D eigenvalue weighted by Crippen LogP contribution is -2.30. The summed E-state index contributed by atoms with van der Waals surface area (Å²) in [5.74, 6) is 0. The highest BCUT2D eigenvalue weighted by Gasteiger charge is 2.13. The Morgan fingerprint density at radius 3 is 2.63 bits per heavy atom. The molecule has 0 unspecified atom stereocenters. The summed E-state index contributed by atoms with van der Waals surface area (Å²) in [5, 5.41) is 13.8. The molecule has 1 aromatic rings. The van der Waals surface area contributed by atoms with Crippen LogP contribution < -0.4 is 10.0 Å². The summed E-state index contributed by atoms with van der Waals surface area (Å²) < 4.78 is 24.7. The molecule has 0 heterocycles. The topological polar surface area (TPSA) is 101 Å². The molecule has 0 amide bonds. The lowest BCUT2D eigenvalue weighted by molar-refractivity contribution is -0.385. The summed E-state index contributed by atoms with van der Waals surface area (Å²) in [6.07, 6.45) is 1.08. The van der Waals surface area contributed by atoms with Gasteiger partial charge >= 0.3 is 0 Å². The minimum atomic E-state index is -3.20. The number of sulfonamides is 1. The molecular formula is C10H14BrN3O4S. The van der Waals surface area contributed by atoms with E-state index in [9.17, 15) is 18.5 Å². The highest BCUT2D eigenvalue weighted by atomic mass is 79.9. The van der Waals surface area contributed by atoms with Crippen molar-refractivity contribution >= 4 is 31.6 Å². The zero-order chi connectivity index (χ0) is 14.5. The number of nitro benzene ring substituents is 1. The fourth-order valence-electron chi connectivity index (χ4n) is 1.42. The Hall–Kier alpha value is -1.03. The molecule has 0 bridgehead atoms. The Kier molecular flexibility index (Phi) is 5.85. The summed E-state index contributed by atoms with van der Waals surface area (Å²) in [5.41, 5.74) is 0.575. The zero-order valence-corrected chi connectivity index (χ0v) is 12.6. The van der Waals surface area contributed by atoms with Gasteiger partial charge in [-0.3, -0.25) is 10.1 Å². The smallest absolute Gasteiger partial charge is 0.273 e. The van der Waals surface area contributed by atoms with Gasteiger partial charge in [0.1, 0.15) is 0 Å². The van der Waals surface area contributed by atoms with Crippen molar-refractivity contribution in [2.45, 2.75) is 6.54 Å². The van der Waals surface area contributed by atoms with Crippen LogP contribution in [0.15, 0.2) is 22.7 Å². The summed E-state index contributed by atoms with van der Waals surface area (Å²) in [7, 11) is -3.20. The third kappa shape index (κ3) is 6.10. The van der Waals surface area contributed by atoms with Crippen molar-refractivity contribution in [1.29, 1.82) is 0 Å². The fourth-order valence-corrected chi connectivity index (χ4v) is 2.30. The summed E-state index contributed by atoms with van der Waals surface area (Å²) in [6.45, 7) is 0.915. The molecule has 0 spiro atoms. The van der Waals surface area contributed by atoms with Gasteiger partial charge in [-0.1, -0.05) is 15.9 Å². The van der Waals surface area contributed by atoms with Crippen molar-refractivity contribution in [3.8, 4) is 0 Å². The lowest BCUT2D eigenvalue weighted by atomic mass is 10.2. The molecule has 1 rings (SSSR count). The molecule has 2 N–H and O–H groups in total. The van der Waals surface area contributed by atoms with Crippen LogP contribution in [0.3, 0.4) is 0 Å². The predicted octanol–water partition coefficient (Wildman–Crippen LogP) is 0.996. The van der Waals surface area contributed by atoms with Crippen molar-refractivity contribution < 1.29 is 13.3 Å². The van der Waals surface area contributed by atoms with E-state index in [2.05, 4.69) is 26.0 Å². The molecule has 1 aromatic carbocycles. The SMILES string of the molecule is CS(=O)(=O)NCCNCc1cc(Br)ccc1[N+](=O)[O-]. The van der Waals surface area contributed by atoms with Crippen LogP contribution >= 0.6 is 15.9 Å². The van der Waals surface area contributed by atoms with Gasteiger partial charge in [0.2, 0.25) is 10.0 Å². The molecule has 7 nitrogen and oxygen atoms in total.